The van der Waals surface area contributed by atoms with Gasteiger partial charge in [0.15, 0.2) is 0 Å². The van der Waals surface area contributed by atoms with Gasteiger partial charge in [0.1, 0.15) is 12.6 Å². The Bertz CT molecular complexity index is 1060. The van der Waals surface area contributed by atoms with Gasteiger partial charge in [-0.25, -0.2) is 9.59 Å². The van der Waals surface area contributed by atoms with Gasteiger partial charge in [0.2, 0.25) is 5.91 Å². The molecule has 0 aliphatic heterocycles. The third-order valence-electron chi connectivity index (χ3n) is 6.97. The number of carbonyl (C=O) groups excluding carboxylic acids is 2. The lowest BCUT2D eigenvalue weighted by molar-refractivity contribution is -0.142. The molecule has 35 heavy (non-hydrogen) atoms. The van der Waals surface area contributed by atoms with Crippen molar-refractivity contribution < 1.29 is 24.2 Å². The van der Waals surface area contributed by atoms with Crippen LogP contribution in [0.25, 0.3) is 11.1 Å². The third-order valence-corrected chi connectivity index (χ3v) is 6.97. The highest BCUT2D eigenvalue weighted by Gasteiger charge is 2.34. The predicted octanol–water partition coefficient (Wildman–Crippen LogP) is 4.70. The number of hydrogen-bond donors (Lipinski definition) is 3. The minimum absolute atomic E-state index is 0.0257. The summed E-state index contributed by atoms with van der Waals surface area (Å²) in [5.74, 6) is -1.10. The van der Waals surface area contributed by atoms with Crippen molar-refractivity contribution in [1.29, 1.82) is 0 Å². The Morgan fingerprint density at radius 2 is 1.54 bits per heavy atom. The van der Waals surface area contributed by atoms with E-state index in [2.05, 4.69) is 34.9 Å². The zero-order chi connectivity index (χ0) is 25.2. The van der Waals surface area contributed by atoms with Gasteiger partial charge in [-0.1, -0.05) is 82.1 Å². The van der Waals surface area contributed by atoms with Crippen LogP contribution in [0.4, 0.5) is 4.79 Å². The van der Waals surface area contributed by atoms with Crippen molar-refractivity contribution in [3.05, 3.63) is 59.7 Å². The molecule has 1 fully saturated rings. The second-order valence-corrected chi connectivity index (χ2v) is 10.7. The summed E-state index contributed by atoms with van der Waals surface area (Å²) < 4.78 is 5.65. The molecule has 2 unspecified atom stereocenters. The average Bonchev–Trinajstić information content (AvgIpc) is 3.57. The molecule has 0 heterocycles. The van der Waals surface area contributed by atoms with Gasteiger partial charge in [-0.05, 0) is 40.0 Å². The first-order valence-electron chi connectivity index (χ1n) is 12.3. The first kappa shape index (κ1) is 24.8. The number of carboxylic acid groups (broad SMARTS) is 1. The fourth-order valence-electron chi connectivity index (χ4n) is 4.70. The maximum absolute atomic E-state index is 12.8. The Morgan fingerprint density at radius 1 is 0.971 bits per heavy atom. The lowest BCUT2D eigenvalue weighted by Crippen LogP contribution is -2.49. The summed E-state index contributed by atoms with van der Waals surface area (Å²) in [6.07, 6.45) is 1.84. The van der Waals surface area contributed by atoms with E-state index < -0.39 is 35.5 Å². The largest absolute Gasteiger partial charge is 0.480 e. The third kappa shape index (κ3) is 6.02. The highest BCUT2D eigenvalue weighted by molar-refractivity contribution is 5.84. The van der Waals surface area contributed by atoms with Crippen LogP contribution in [0.15, 0.2) is 48.5 Å². The normalized spacial score (nSPS) is 16.5. The number of carbonyl (C=O) groups is 3. The van der Waals surface area contributed by atoms with Crippen LogP contribution < -0.4 is 10.6 Å². The molecule has 1 saturated carbocycles. The van der Waals surface area contributed by atoms with Crippen LogP contribution >= 0.6 is 0 Å². The van der Waals surface area contributed by atoms with Crippen LogP contribution in [-0.4, -0.2) is 41.8 Å². The molecule has 2 amide bonds. The molecule has 0 saturated heterocycles. The molecule has 2 aromatic rings. The number of carboxylic acids is 1. The molecular weight excluding hydrogens is 444 g/mol. The van der Waals surface area contributed by atoms with Crippen LogP contribution in [0.2, 0.25) is 0 Å². The van der Waals surface area contributed by atoms with E-state index in [1.807, 2.05) is 45.0 Å². The van der Waals surface area contributed by atoms with Gasteiger partial charge >= 0.3 is 12.1 Å². The van der Waals surface area contributed by atoms with Gasteiger partial charge in [-0.2, -0.15) is 0 Å². The van der Waals surface area contributed by atoms with E-state index in [-0.39, 0.29) is 18.9 Å². The minimum atomic E-state index is -1.03. The summed E-state index contributed by atoms with van der Waals surface area (Å²) in [7, 11) is 0. The Balaban J connectivity index is 1.37. The number of nitrogens with one attached hydrogen (secondary N) is 2. The molecule has 0 spiro atoms. The van der Waals surface area contributed by atoms with E-state index in [4.69, 9.17) is 4.74 Å². The van der Waals surface area contributed by atoms with E-state index in [1.54, 1.807) is 0 Å². The summed E-state index contributed by atoms with van der Waals surface area (Å²) in [5, 5.41) is 14.9. The number of aliphatic carboxylic acids is 1. The van der Waals surface area contributed by atoms with E-state index in [0.29, 0.717) is 12.3 Å². The summed E-state index contributed by atoms with van der Waals surface area (Å²) in [4.78, 5) is 37.0. The first-order chi connectivity index (χ1) is 16.6. The molecule has 0 radical (unpaired) electrons. The van der Waals surface area contributed by atoms with Crippen molar-refractivity contribution in [3.63, 3.8) is 0 Å². The number of amides is 2. The Morgan fingerprint density at radius 3 is 2.06 bits per heavy atom. The molecule has 4 rings (SSSR count). The zero-order valence-corrected chi connectivity index (χ0v) is 20.5. The lowest BCUT2D eigenvalue weighted by Gasteiger charge is -2.31. The second-order valence-electron chi connectivity index (χ2n) is 10.7. The number of fused-ring (bicyclic) bond motifs is 3. The van der Waals surface area contributed by atoms with Crippen molar-refractivity contribution in [2.24, 2.45) is 11.3 Å². The van der Waals surface area contributed by atoms with Crippen molar-refractivity contribution in [1.82, 2.24) is 10.6 Å². The smallest absolute Gasteiger partial charge is 0.407 e. The fraction of sp³-hybridized carbons (Fsp3) is 0.464. The number of benzene rings is 2. The summed E-state index contributed by atoms with van der Waals surface area (Å²) in [6.45, 7) is 5.96. The van der Waals surface area contributed by atoms with Crippen molar-refractivity contribution in [2.75, 3.05) is 6.61 Å². The quantitative estimate of drug-likeness (QED) is 0.485. The zero-order valence-electron chi connectivity index (χ0n) is 20.5. The highest BCUT2D eigenvalue weighted by atomic mass is 16.5. The SMILES string of the molecule is CC(C)(C)C(CC(=O)NC(CC1CC1)C(=O)O)NC(=O)OCC1c2ccccc2-c2ccccc21. The molecule has 2 aliphatic rings. The molecule has 2 atom stereocenters. The van der Waals surface area contributed by atoms with E-state index in [1.165, 1.54) is 0 Å². The van der Waals surface area contributed by atoms with Crippen LogP contribution in [0.3, 0.4) is 0 Å². The van der Waals surface area contributed by atoms with Gasteiger partial charge in [0.25, 0.3) is 0 Å². The van der Waals surface area contributed by atoms with Gasteiger partial charge in [0, 0.05) is 18.4 Å². The number of alkyl carbamates (subject to hydrolysis) is 1. The van der Waals surface area contributed by atoms with Crippen LogP contribution in [-0.2, 0) is 14.3 Å². The Kier molecular flexibility index (Phi) is 7.15. The molecule has 2 aromatic carbocycles. The predicted molar refractivity (Wildman–Crippen MR) is 133 cm³/mol. The van der Waals surface area contributed by atoms with Crippen molar-refractivity contribution in [3.8, 4) is 11.1 Å². The van der Waals surface area contributed by atoms with Crippen LogP contribution in [0.1, 0.15) is 63.5 Å². The highest BCUT2D eigenvalue weighted by Crippen LogP contribution is 2.44. The maximum Gasteiger partial charge on any atom is 0.407 e. The van der Waals surface area contributed by atoms with Crippen molar-refractivity contribution in [2.45, 2.75) is 64.5 Å². The maximum atomic E-state index is 12.8. The first-order valence-corrected chi connectivity index (χ1v) is 12.3. The van der Waals surface area contributed by atoms with Gasteiger partial charge in [-0.15, -0.1) is 0 Å². The Hall–Kier alpha value is -3.35. The molecule has 2 aliphatic carbocycles. The van der Waals surface area contributed by atoms with Crippen molar-refractivity contribution >= 4 is 18.0 Å². The Labute approximate surface area is 206 Å². The summed E-state index contributed by atoms with van der Waals surface area (Å²) in [6, 6.07) is 14.8. The van der Waals surface area contributed by atoms with Gasteiger partial charge in [0.05, 0.1) is 0 Å². The second kappa shape index (κ2) is 10.1. The lowest BCUT2D eigenvalue weighted by atomic mass is 9.84. The topological polar surface area (TPSA) is 105 Å². The molecule has 7 nitrogen and oxygen atoms in total. The van der Waals surface area contributed by atoms with E-state index >= 15 is 0 Å². The molecule has 0 aromatic heterocycles. The number of ether oxygens (including phenoxy) is 1. The molecule has 0 bridgehead atoms. The number of rotatable bonds is 9. The molecule has 3 N–H and O–H groups in total. The average molecular weight is 479 g/mol. The molecular formula is C28H34N2O5. The van der Waals surface area contributed by atoms with E-state index in [9.17, 15) is 19.5 Å². The standard InChI is InChI=1S/C28H34N2O5/c1-28(2,3)24(15-25(31)29-23(26(32)33)14-17-12-13-17)30-27(34)35-16-22-20-10-6-4-8-18(20)19-9-5-7-11-21(19)22/h4-11,17,22-24H,12-16H2,1-3H3,(H,29,31)(H,30,34)(H,32,33). The monoisotopic (exact) mass is 478 g/mol. The van der Waals surface area contributed by atoms with Gasteiger partial charge in [-0.3, -0.25) is 4.79 Å². The fourth-order valence-corrected chi connectivity index (χ4v) is 4.70. The molecule has 7 heteroatoms. The summed E-state index contributed by atoms with van der Waals surface area (Å²) in [5.41, 5.74) is 4.13. The van der Waals surface area contributed by atoms with Gasteiger partial charge < -0.3 is 20.5 Å². The molecule has 186 valence electrons. The van der Waals surface area contributed by atoms with Crippen LogP contribution in [0.5, 0.6) is 0 Å². The number of hydrogen-bond acceptors (Lipinski definition) is 4. The minimum Gasteiger partial charge on any atom is -0.480 e. The summed E-state index contributed by atoms with van der Waals surface area (Å²) >= 11 is 0. The van der Waals surface area contributed by atoms with E-state index in [0.717, 1.165) is 35.1 Å². The van der Waals surface area contributed by atoms with Crippen LogP contribution in [0, 0.1) is 11.3 Å².